The molecule has 0 heterocycles. The van der Waals surface area contributed by atoms with Crippen molar-refractivity contribution in [3.63, 3.8) is 0 Å². The molecule has 0 bridgehead atoms. The number of hydrogen-bond donors (Lipinski definition) is 0. The van der Waals surface area contributed by atoms with Crippen LogP contribution in [0, 0.1) is 0 Å². The highest BCUT2D eigenvalue weighted by atomic mass is 16.7. The van der Waals surface area contributed by atoms with Crippen molar-refractivity contribution in [1.82, 2.24) is 0 Å². The molecule has 0 N–H and O–H groups in total. The number of ether oxygens (including phenoxy) is 4. The van der Waals surface area contributed by atoms with E-state index >= 15 is 0 Å². The molecular formula is C62H109NO8. The van der Waals surface area contributed by atoms with Crippen LogP contribution in [0.2, 0.25) is 0 Å². The van der Waals surface area contributed by atoms with E-state index in [2.05, 4.69) is 86.8 Å². The molecule has 0 radical (unpaired) electrons. The molecule has 0 aromatic carbocycles. The van der Waals surface area contributed by atoms with Crippen LogP contribution in [0.25, 0.3) is 0 Å². The number of carboxylic acid groups (broad SMARTS) is 1. The summed E-state index contributed by atoms with van der Waals surface area (Å²) in [5.74, 6) is -2.30. The number of quaternary nitrogens is 1. The van der Waals surface area contributed by atoms with E-state index in [9.17, 15) is 19.5 Å². The topological polar surface area (TPSA) is 111 Å². The van der Waals surface area contributed by atoms with Gasteiger partial charge in [0, 0.05) is 12.8 Å². The maximum atomic E-state index is 12.9. The second-order valence-electron chi connectivity index (χ2n) is 20.6. The number of hydrogen-bond acceptors (Lipinski definition) is 8. The van der Waals surface area contributed by atoms with Crippen molar-refractivity contribution in [3.05, 3.63) is 72.9 Å². The van der Waals surface area contributed by atoms with Crippen LogP contribution < -0.4 is 5.11 Å². The first-order valence-electron chi connectivity index (χ1n) is 29.1. The van der Waals surface area contributed by atoms with Gasteiger partial charge in [0.05, 0.1) is 40.3 Å². The van der Waals surface area contributed by atoms with Gasteiger partial charge in [0.1, 0.15) is 13.2 Å². The highest BCUT2D eigenvalue weighted by molar-refractivity contribution is 5.70. The summed E-state index contributed by atoms with van der Waals surface area (Å²) in [6.07, 6.45) is 65.1. The Bertz CT molecular complexity index is 1390. The molecule has 9 heteroatoms. The smallest absolute Gasteiger partial charge is 0.306 e. The highest BCUT2D eigenvalue weighted by Gasteiger charge is 2.22. The van der Waals surface area contributed by atoms with Gasteiger partial charge in [0.2, 0.25) is 0 Å². The fourth-order valence-electron chi connectivity index (χ4n) is 8.01. The minimum Gasteiger partial charge on any atom is -0.545 e. The van der Waals surface area contributed by atoms with Crippen LogP contribution >= 0.6 is 0 Å². The van der Waals surface area contributed by atoms with E-state index in [0.29, 0.717) is 17.4 Å². The van der Waals surface area contributed by atoms with E-state index in [1.165, 1.54) is 116 Å². The number of carbonyl (C=O) groups is 3. The molecule has 0 aromatic rings. The van der Waals surface area contributed by atoms with Gasteiger partial charge in [-0.3, -0.25) is 9.59 Å². The third-order valence-corrected chi connectivity index (χ3v) is 12.5. The summed E-state index contributed by atoms with van der Waals surface area (Å²) in [6, 6.07) is 0. The number of aliphatic carboxylic acids is 1. The van der Waals surface area contributed by atoms with Crippen molar-refractivity contribution < 1.29 is 42.9 Å². The van der Waals surface area contributed by atoms with Gasteiger partial charge in [-0.25, -0.2) is 0 Å². The zero-order chi connectivity index (χ0) is 52.0. The molecule has 71 heavy (non-hydrogen) atoms. The second kappa shape index (κ2) is 53.0. The van der Waals surface area contributed by atoms with Gasteiger partial charge in [-0.1, -0.05) is 241 Å². The second-order valence-corrected chi connectivity index (χ2v) is 20.6. The zero-order valence-electron chi connectivity index (χ0n) is 46.6. The molecule has 2 atom stereocenters. The number of allylic oxidation sites excluding steroid dienone is 12. The lowest BCUT2D eigenvalue weighted by Gasteiger charge is -2.26. The van der Waals surface area contributed by atoms with Crippen LogP contribution in [0.15, 0.2) is 72.9 Å². The largest absolute Gasteiger partial charge is 0.545 e. The molecule has 410 valence electrons. The van der Waals surface area contributed by atoms with Gasteiger partial charge >= 0.3 is 11.9 Å². The number of likely N-dealkylation sites (N-methyl/N-ethyl adjacent to an activating group) is 1. The van der Waals surface area contributed by atoms with Crippen molar-refractivity contribution in [2.45, 2.75) is 257 Å². The average Bonchev–Trinajstić information content (AvgIpc) is 3.34. The molecule has 0 fully saturated rings. The average molecular weight is 997 g/mol. The predicted molar refractivity (Wildman–Crippen MR) is 297 cm³/mol. The lowest BCUT2D eigenvalue weighted by Crippen LogP contribution is -2.44. The number of rotatable bonds is 53. The Morgan fingerprint density at radius 3 is 1.20 bits per heavy atom. The third-order valence-electron chi connectivity index (χ3n) is 12.5. The van der Waals surface area contributed by atoms with E-state index < -0.39 is 24.3 Å². The maximum absolute atomic E-state index is 12.9. The van der Waals surface area contributed by atoms with Crippen LogP contribution in [0.4, 0.5) is 0 Å². The number of esters is 2. The number of carbonyl (C=O) groups excluding carboxylic acids is 3. The van der Waals surface area contributed by atoms with Crippen LogP contribution in [0.5, 0.6) is 0 Å². The Morgan fingerprint density at radius 1 is 0.437 bits per heavy atom. The fraction of sp³-hybridized carbons (Fsp3) is 0.758. The molecule has 9 nitrogen and oxygen atoms in total. The normalized spacial score (nSPS) is 13.3. The SMILES string of the molecule is CC/C=C\C/C=C\C/C=C\C/C=C\C/C=C\C/C=C\CCCCCCCCC(=O)OC(COC(=O)CCCCCCCCCCCCCCCCCCCCCCC)COC(OCC[N+](C)(C)C)C(=O)[O-]. The summed E-state index contributed by atoms with van der Waals surface area (Å²) in [6.45, 7) is 4.64. The van der Waals surface area contributed by atoms with Crippen molar-refractivity contribution >= 4 is 17.9 Å². The fourth-order valence-corrected chi connectivity index (χ4v) is 8.01. The molecule has 0 aliphatic heterocycles. The minimum atomic E-state index is -1.63. The van der Waals surface area contributed by atoms with Crippen molar-refractivity contribution in [3.8, 4) is 0 Å². The molecule has 0 spiro atoms. The van der Waals surface area contributed by atoms with Crippen molar-refractivity contribution in [2.24, 2.45) is 0 Å². The lowest BCUT2D eigenvalue weighted by molar-refractivity contribution is -0.870. The zero-order valence-corrected chi connectivity index (χ0v) is 46.6. The predicted octanol–water partition coefficient (Wildman–Crippen LogP) is 15.7. The van der Waals surface area contributed by atoms with Crippen LogP contribution in [0.3, 0.4) is 0 Å². The standard InChI is InChI=1S/C62H109NO8/c1-6-8-10-12-14-16-18-20-22-24-26-28-29-30-31-33-35-37-39-41-43-45-47-49-51-53-60(65)71-58(57-70-62(61(66)67)68-55-54-63(3,4)5)56-69-59(64)52-50-48-46-44-42-40-38-36-34-32-27-25-23-21-19-17-15-13-11-9-7-2/h8,10,14,16,20,22,26,28,30-31,35,37,58,62H,6-7,9,11-13,15,17-19,21,23-25,27,29,32-34,36,38-57H2,1-5H3/b10-8-,16-14-,22-20-,28-26-,31-30-,37-35-. The molecule has 0 amide bonds. The van der Waals surface area contributed by atoms with Crippen LogP contribution in [0.1, 0.15) is 245 Å². The van der Waals surface area contributed by atoms with Gasteiger partial charge in [0.25, 0.3) is 0 Å². The van der Waals surface area contributed by atoms with Crippen LogP contribution in [-0.4, -0.2) is 82.3 Å². The van der Waals surface area contributed by atoms with E-state index in [0.717, 1.165) is 96.3 Å². The Kier molecular flexibility index (Phi) is 50.6. The molecule has 0 aliphatic carbocycles. The van der Waals surface area contributed by atoms with E-state index in [1.807, 2.05) is 21.1 Å². The summed E-state index contributed by atoms with van der Waals surface area (Å²) in [5, 5.41) is 11.8. The van der Waals surface area contributed by atoms with Gasteiger partial charge in [-0.2, -0.15) is 0 Å². The first kappa shape index (κ1) is 67.7. The molecule has 0 aromatic heterocycles. The van der Waals surface area contributed by atoms with Gasteiger partial charge in [0.15, 0.2) is 12.4 Å². The summed E-state index contributed by atoms with van der Waals surface area (Å²) in [7, 11) is 5.92. The third kappa shape index (κ3) is 54.3. The van der Waals surface area contributed by atoms with Crippen molar-refractivity contribution in [1.29, 1.82) is 0 Å². The number of unbranched alkanes of at least 4 members (excludes halogenated alkanes) is 26. The quantitative estimate of drug-likeness (QED) is 0.0195. The molecule has 0 aliphatic rings. The summed E-state index contributed by atoms with van der Waals surface area (Å²) >= 11 is 0. The van der Waals surface area contributed by atoms with Crippen molar-refractivity contribution in [2.75, 3.05) is 47.5 Å². The number of carboxylic acids is 1. The first-order valence-corrected chi connectivity index (χ1v) is 29.1. The molecule has 2 unspecified atom stereocenters. The Balaban J connectivity index is 4.29. The molecule has 0 saturated heterocycles. The van der Waals surface area contributed by atoms with Crippen LogP contribution in [-0.2, 0) is 33.3 Å². The maximum Gasteiger partial charge on any atom is 0.306 e. The van der Waals surface area contributed by atoms with E-state index in [4.69, 9.17) is 18.9 Å². The van der Waals surface area contributed by atoms with Gasteiger partial charge < -0.3 is 33.3 Å². The van der Waals surface area contributed by atoms with E-state index in [-0.39, 0.29) is 38.6 Å². The summed E-state index contributed by atoms with van der Waals surface area (Å²) in [5.41, 5.74) is 0. The summed E-state index contributed by atoms with van der Waals surface area (Å²) in [4.78, 5) is 37.3. The first-order chi connectivity index (χ1) is 34.6. The lowest BCUT2D eigenvalue weighted by atomic mass is 10.0. The highest BCUT2D eigenvalue weighted by Crippen LogP contribution is 2.16. The Morgan fingerprint density at radius 2 is 0.803 bits per heavy atom. The van der Waals surface area contributed by atoms with Gasteiger partial charge in [-0.05, 0) is 64.2 Å². The molecule has 0 rings (SSSR count). The monoisotopic (exact) mass is 996 g/mol. The molecular weight excluding hydrogens is 887 g/mol. The number of nitrogens with zero attached hydrogens (tertiary/aromatic N) is 1. The van der Waals surface area contributed by atoms with Gasteiger partial charge in [-0.15, -0.1) is 0 Å². The van der Waals surface area contributed by atoms with E-state index in [1.54, 1.807) is 0 Å². The Labute approximate surface area is 437 Å². The Hall–Kier alpha value is -3.27. The minimum absolute atomic E-state index is 0.142. The summed E-state index contributed by atoms with van der Waals surface area (Å²) < 4.78 is 22.7. The molecule has 0 saturated carbocycles.